The van der Waals surface area contributed by atoms with Crippen molar-refractivity contribution in [2.45, 2.75) is 5.37 Å². The minimum Gasteiger partial charge on any atom is -0.295 e. The van der Waals surface area contributed by atoms with E-state index in [9.17, 15) is 4.79 Å². The van der Waals surface area contributed by atoms with Crippen molar-refractivity contribution in [2.24, 2.45) is 0 Å². The van der Waals surface area contributed by atoms with Crippen molar-refractivity contribution in [3.63, 3.8) is 0 Å². The Morgan fingerprint density at radius 1 is 1.05 bits per heavy atom. The van der Waals surface area contributed by atoms with Crippen LogP contribution in [0.3, 0.4) is 0 Å². The van der Waals surface area contributed by atoms with Crippen LogP contribution in [-0.4, -0.2) is 11.7 Å². The third-order valence-corrected chi connectivity index (χ3v) is 5.59. The molecule has 102 valence electrons. The highest BCUT2D eigenvalue weighted by molar-refractivity contribution is 9.10. The smallest absolute Gasteiger partial charge is 0.238 e. The van der Waals surface area contributed by atoms with Gasteiger partial charge in [-0.2, -0.15) is 0 Å². The molecule has 2 nitrogen and oxygen atoms in total. The van der Waals surface area contributed by atoms with Gasteiger partial charge in [-0.25, -0.2) is 0 Å². The third kappa shape index (κ3) is 2.67. The lowest BCUT2D eigenvalue weighted by Crippen LogP contribution is -2.27. The Labute approximate surface area is 138 Å². The first-order valence-electron chi connectivity index (χ1n) is 6.10. The number of hydrogen-bond donors (Lipinski definition) is 0. The molecule has 0 N–H and O–H groups in total. The number of anilines is 1. The molecule has 1 unspecified atom stereocenters. The second-order valence-corrected chi connectivity index (χ2v) is 7.26. The van der Waals surface area contributed by atoms with Gasteiger partial charge in [0.25, 0.3) is 0 Å². The molecule has 1 aliphatic rings. The Kier molecular flexibility index (Phi) is 4.19. The van der Waals surface area contributed by atoms with Crippen LogP contribution in [0.5, 0.6) is 0 Å². The van der Waals surface area contributed by atoms with Gasteiger partial charge in [-0.05, 0) is 35.9 Å². The molecule has 0 saturated carbocycles. The first-order chi connectivity index (χ1) is 9.66. The molecule has 0 aliphatic carbocycles. The largest absolute Gasteiger partial charge is 0.295 e. The maximum atomic E-state index is 12.2. The van der Waals surface area contributed by atoms with Crippen LogP contribution in [0.15, 0.2) is 57.5 Å². The van der Waals surface area contributed by atoms with Crippen LogP contribution < -0.4 is 4.90 Å². The summed E-state index contributed by atoms with van der Waals surface area (Å²) in [5.41, 5.74) is 2.07. The summed E-state index contributed by atoms with van der Waals surface area (Å²) in [7, 11) is 0. The van der Waals surface area contributed by atoms with E-state index < -0.39 is 0 Å². The molecule has 0 aromatic heterocycles. The molecule has 1 heterocycles. The van der Waals surface area contributed by atoms with E-state index in [0.29, 0.717) is 5.75 Å². The lowest BCUT2D eigenvalue weighted by atomic mass is 10.2. The van der Waals surface area contributed by atoms with Crippen LogP contribution in [0, 0.1) is 0 Å². The number of carbonyl (C=O) groups excluding carboxylic acids is 1. The molecule has 0 bridgehead atoms. The standard InChI is InChI=1S/C15H11Br2NOS/c16-10-5-7-11(8-6-10)18-14(19)9-20-15(18)12-3-1-2-4-13(12)17/h1-8,15H,9H2. The number of nitrogens with zero attached hydrogens (tertiary/aromatic N) is 1. The zero-order chi connectivity index (χ0) is 14.1. The van der Waals surface area contributed by atoms with Crippen molar-refractivity contribution >= 4 is 55.2 Å². The number of rotatable bonds is 2. The predicted octanol–water partition coefficient (Wildman–Crippen LogP) is 4.99. The Balaban J connectivity index is 2.01. The zero-order valence-electron chi connectivity index (χ0n) is 10.4. The molecular formula is C15H11Br2NOS. The third-order valence-electron chi connectivity index (χ3n) is 3.14. The first-order valence-corrected chi connectivity index (χ1v) is 8.74. The summed E-state index contributed by atoms with van der Waals surface area (Å²) in [6.45, 7) is 0. The van der Waals surface area contributed by atoms with E-state index in [1.807, 2.05) is 47.4 Å². The van der Waals surface area contributed by atoms with Crippen molar-refractivity contribution in [3.05, 3.63) is 63.0 Å². The Morgan fingerprint density at radius 2 is 1.75 bits per heavy atom. The number of carbonyl (C=O) groups is 1. The molecule has 5 heteroatoms. The minimum absolute atomic E-state index is 0.0271. The second kappa shape index (κ2) is 5.92. The van der Waals surface area contributed by atoms with E-state index in [2.05, 4.69) is 37.9 Å². The number of benzene rings is 2. The van der Waals surface area contributed by atoms with E-state index in [-0.39, 0.29) is 11.3 Å². The molecule has 2 aromatic rings. The van der Waals surface area contributed by atoms with E-state index in [0.717, 1.165) is 20.2 Å². The average molecular weight is 413 g/mol. The summed E-state index contributed by atoms with van der Waals surface area (Å²) >= 11 is 8.66. The van der Waals surface area contributed by atoms with Crippen molar-refractivity contribution in [1.29, 1.82) is 0 Å². The van der Waals surface area contributed by atoms with E-state index in [1.54, 1.807) is 11.8 Å². The summed E-state index contributed by atoms with van der Waals surface area (Å²) in [4.78, 5) is 14.1. The fourth-order valence-electron chi connectivity index (χ4n) is 2.21. The first kappa shape index (κ1) is 14.2. The second-order valence-electron chi connectivity index (χ2n) is 4.43. The lowest BCUT2D eigenvalue weighted by molar-refractivity contribution is -0.115. The molecule has 1 aliphatic heterocycles. The van der Waals surface area contributed by atoms with Gasteiger partial charge in [0.05, 0.1) is 5.75 Å². The van der Waals surface area contributed by atoms with Gasteiger partial charge in [-0.3, -0.25) is 9.69 Å². The van der Waals surface area contributed by atoms with Crippen molar-refractivity contribution in [2.75, 3.05) is 10.7 Å². The van der Waals surface area contributed by atoms with Gasteiger partial charge in [0.2, 0.25) is 5.91 Å². The minimum atomic E-state index is 0.0271. The fourth-order valence-corrected chi connectivity index (χ4v) is 4.34. The number of thioether (sulfide) groups is 1. The van der Waals surface area contributed by atoms with Crippen LogP contribution in [0.1, 0.15) is 10.9 Å². The summed E-state index contributed by atoms with van der Waals surface area (Å²) in [6.07, 6.45) is 0. The molecule has 1 atom stereocenters. The molecule has 1 amide bonds. The number of hydrogen-bond acceptors (Lipinski definition) is 2. The van der Waals surface area contributed by atoms with Crippen LogP contribution in [0.4, 0.5) is 5.69 Å². The molecule has 3 rings (SSSR count). The topological polar surface area (TPSA) is 20.3 Å². The normalized spacial score (nSPS) is 18.6. The van der Waals surface area contributed by atoms with E-state index >= 15 is 0 Å². The highest BCUT2D eigenvalue weighted by Crippen LogP contribution is 2.44. The van der Waals surface area contributed by atoms with Gasteiger partial charge in [-0.1, -0.05) is 50.1 Å². The van der Waals surface area contributed by atoms with Gasteiger partial charge in [0.1, 0.15) is 5.37 Å². The molecule has 1 fully saturated rings. The Morgan fingerprint density at radius 3 is 2.45 bits per heavy atom. The predicted molar refractivity (Wildman–Crippen MR) is 91.0 cm³/mol. The van der Waals surface area contributed by atoms with Gasteiger partial charge in [0, 0.05) is 14.6 Å². The maximum Gasteiger partial charge on any atom is 0.238 e. The van der Waals surface area contributed by atoms with Crippen LogP contribution in [0.2, 0.25) is 0 Å². The van der Waals surface area contributed by atoms with E-state index in [1.165, 1.54) is 0 Å². The number of amides is 1. The monoisotopic (exact) mass is 411 g/mol. The molecule has 2 aromatic carbocycles. The molecule has 20 heavy (non-hydrogen) atoms. The molecular weight excluding hydrogens is 402 g/mol. The van der Waals surface area contributed by atoms with Crippen LogP contribution >= 0.6 is 43.6 Å². The quantitative estimate of drug-likeness (QED) is 0.692. The highest BCUT2D eigenvalue weighted by atomic mass is 79.9. The number of halogens is 2. The lowest BCUT2D eigenvalue weighted by Gasteiger charge is -2.25. The molecule has 1 saturated heterocycles. The molecule has 0 spiro atoms. The van der Waals surface area contributed by atoms with Gasteiger partial charge in [0.15, 0.2) is 0 Å². The maximum absolute atomic E-state index is 12.2. The zero-order valence-corrected chi connectivity index (χ0v) is 14.4. The van der Waals surface area contributed by atoms with Crippen molar-refractivity contribution < 1.29 is 4.79 Å². The fraction of sp³-hybridized carbons (Fsp3) is 0.133. The van der Waals surface area contributed by atoms with Gasteiger partial charge in [-0.15, -0.1) is 11.8 Å². The van der Waals surface area contributed by atoms with Crippen molar-refractivity contribution in [3.8, 4) is 0 Å². The Bertz CT molecular complexity index is 645. The average Bonchev–Trinajstić information content (AvgIpc) is 2.82. The van der Waals surface area contributed by atoms with Gasteiger partial charge >= 0.3 is 0 Å². The Hall–Kier alpha value is -0.780. The van der Waals surface area contributed by atoms with Crippen molar-refractivity contribution in [1.82, 2.24) is 0 Å². The van der Waals surface area contributed by atoms with E-state index in [4.69, 9.17) is 0 Å². The summed E-state index contributed by atoms with van der Waals surface area (Å²) in [5.74, 6) is 0.667. The summed E-state index contributed by atoms with van der Waals surface area (Å²) < 4.78 is 2.05. The highest BCUT2D eigenvalue weighted by Gasteiger charge is 2.34. The van der Waals surface area contributed by atoms with Crippen LogP contribution in [-0.2, 0) is 4.79 Å². The SMILES string of the molecule is O=C1CSC(c2ccccc2Br)N1c1ccc(Br)cc1. The molecule has 0 radical (unpaired) electrons. The van der Waals surface area contributed by atoms with Gasteiger partial charge < -0.3 is 0 Å². The summed E-state index contributed by atoms with van der Waals surface area (Å²) in [6, 6.07) is 15.9. The van der Waals surface area contributed by atoms with Crippen LogP contribution in [0.25, 0.3) is 0 Å². The summed E-state index contributed by atoms with van der Waals surface area (Å²) in [5, 5.41) is 0.0271.